The molecule has 2 aromatic heterocycles. The van der Waals surface area contributed by atoms with E-state index < -0.39 is 5.97 Å². The van der Waals surface area contributed by atoms with Crippen LogP contribution < -0.4 is 5.73 Å². The second-order valence-corrected chi connectivity index (χ2v) is 3.68. The third-order valence-electron chi connectivity index (χ3n) is 2.42. The zero-order chi connectivity index (χ0) is 13.1. The lowest BCUT2D eigenvalue weighted by atomic mass is 10.2. The Morgan fingerprint density at radius 1 is 1.61 bits per heavy atom. The van der Waals surface area contributed by atoms with Gasteiger partial charge in [0.2, 0.25) is 5.88 Å². The standard InChI is InChI=1S/C13H14N2O3/c1-3-5-8-6-9-11(15-7-8)10(12(14)18-9)13(16)17-4-2/h3,5-7H,4,14H2,1-2H3. The first-order chi connectivity index (χ1) is 8.67. The number of nitrogens with zero attached hydrogens (tertiary/aromatic N) is 1. The van der Waals surface area contributed by atoms with Crippen molar-refractivity contribution in [2.24, 2.45) is 0 Å². The smallest absolute Gasteiger partial charge is 0.345 e. The van der Waals surface area contributed by atoms with E-state index in [1.165, 1.54) is 0 Å². The maximum atomic E-state index is 11.7. The number of rotatable bonds is 3. The predicted molar refractivity (Wildman–Crippen MR) is 69.1 cm³/mol. The Kier molecular flexibility index (Phi) is 3.32. The largest absolute Gasteiger partial charge is 0.462 e. The molecule has 0 saturated carbocycles. The van der Waals surface area contributed by atoms with Crippen LogP contribution in [0.5, 0.6) is 0 Å². The lowest BCUT2D eigenvalue weighted by Crippen LogP contribution is -2.06. The quantitative estimate of drug-likeness (QED) is 0.842. The summed E-state index contributed by atoms with van der Waals surface area (Å²) in [7, 11) is 0. The maximum Gasteiger partial charge on any atom is 0.345 e. The van der Waals surface area contributed by atoms with Crippen LogP contribution >= 0.6 is 0 Å². The first-order valence-electron chi connectivity index (χ1n) is 5.65. The Morgan fingerprint density at radius 2 is 2.39 bits per heavy atom. The van der Waals surface area contributed by atoms with Crippen molar-refractivity contribution < 1.29 is 13.9 Å². The normalized spacial score (nSPS) is 11.2. The number of esters is 1. The summed E-state index contributed by atoms with van der Waals surface area (Å²) in [4.78, 5) is 15.9. The Hall–Kier alpha value is -2.30. The van der Waals surface area contributed by atoms with Crippen LogP contribution in [0, 0.1) is 0 Å². The highest BCUT2D eigenvalue weighted by Gasteiger charge is 2.21. The molecule has 0 amide bonds. The van der Waals surface area contributed by atoms with E-state index in [1.807, 2.05) is 19.1 Å². The van der Waals surface area contributed by atoms with Crippen molar-refractivity contribution in [2.45, 2.75) is 13.8 Å². The fourth-order valence-corrected chi connectivity index (χ4v) is 1.70. The second kappa shape index (κ2) is 4.91. The Balaban J connectivity index is 2.55. The van der Waals surface area contributed by atoms with Crippen LogP contribution in [0.25, 0.3) is 17.2 Å². The van der Waals surface area contributed by atoms with Crippen LogP contribution in [0.1, 0.15) is 29.8 Å². The highest BCUT2D eigenvalue weighted by Crippen LogP contribution is 2.27. The number of ether oxygens (including phenoxy) is 1. The van der Waals surface area contributed by atoms with Crippen LogP contribution in [0.15, 0.2) is 22.8 Å². The molecule has 94 valence electrons. The molecule has 0 aliphatic rings. The molecule has 2 N–H and O–H groups in total. The average molecular weight is 246 g/mol. The Morgan fingerprint density at radius 3 is 3.06 bits per heavy atom. The van der Waals surface area contributed by atoms with E-state index in [0.29, 0.717) is 11.1 Å². The van der Waals surface area contributed by atoms with E-state index in [9.17, 15) is 4.79 Å². The topological polar surface area (TPSA) is 78.3 Å². The van der Waals surface area contributed by atoms with Gasteiger partial charge in [-0.25, -0.2) is 4.79 Å². The number of aromatic nitrogens is 1. The fraction of sp³-hybridized carbons (Fsp3) is 0.231. The molecular formula is C13H14N2O3. The number of furan rings is 1. The van der Waals surface area contributed by atoms with Gasteiger partial charge in [-0.2, -0.15) is 0 Å². The van der Waals surface area contributed by atoms with E-state index in [0.717, 1.165) is 5.56 Å². The monoisotopic (exact) mass is 246 g/mol. The number of allylic oxidation sites excluding steroid dienone is 1. The van der Waals surface area contributed by atoms with Gasteiger partial charge >= 0.3 is 5.97 Å². The van der Waals surface area contributed by atoms with E-state index in [1.54, 1.807) is 19.2 Å². The van der Waals surface area contributed by atoms with Gasteiger partial charge in [-0.15, -0.1) is 0 Å². The molecule has 2 rings (SSSR count). The lowest BCUT2D eigenvalue weighted by Gasteiger charge is -1.99. The molecule has 0 aliphatic carbocycles. The molecule has 5 heteroatoms. The highest BCUT2D eigenvalue weighted by atomic mass is 16.5. The summed E-state index contributed by atoms with van der Waals surface area (Å²) in [5.41, 5.74) is 7.67. The molecule has 2 heterocycles. The molecule has 18 heavy (non-hydrogen) atoms. The number of nitrogen functional groups attached to an aromatic ring is 1. The average Bonchev–Trinajstić information content (AvgIpc) is 2.65. The van der Waals surface area contributed by atoms with Crippen molar-refractivity contribution in [1.82, 2.24) is 4.98 Å². The van der Waals surface area contributed by atoms with Gasteiger partial charge in [0.15, 0.2) is 5.58 Å². The highest BCUT2D eigenvalue weighted by molar-refractivity contribution is 6.06. The number of hydrogen-bond donors (Lipinski definition) is 1. The van der Waals surface area contributed by atoms with Gasteiger partial charge in [0.05, 0.1) is 6.61 Å². The first kappa shape index (κ1) is 12.2. The van der Waals surface area contributed by atoms with E-state index in [2.05, 4.69) is 4.98 Å². The van der Waals surface area contributed by atoms with Crippen LogP contribution in [0.2, 0.25) is 0 Å². The number of carbonyl (C=O) groups is 1. The third kappa shape index (κ3) is 2.07. The molecule has 0 aliphatic heterocycles. The molecule has 2 aromatic rings. The molecule has 0 bridgehead atoms. The SMILES string of the molecule is CC=Cc1cnc2c(C(=O)OCC)c(N)oc2c1. The summed E-state index contributed by atoms with van der Waals surface area (Å²) in [6.07, 6.45) is 5.43. The Labute approximate surface area is 104 Å². The summed E-state index contributed by atoms with van der Waals surface area (Å²) in [5.74, 6) is -0.478. The summed E-state index contributed by atoms with van der Waals surface area (Å²) in [6.45, 7) is 3.92. The number of fused-ring (bicyclic) bond motifs is 1. The minimum Gasteiger partial charge on any atom is -0.462 e. The van der Waals surface area contributed by atoms with Crippen molar-refractivity contribution >= 4 is 29.0 Å². The molecular weight excluding hydrogens is 232 g/mol. The molecule has 0 saturated heterocycles. The van der Waals surface area contributed by atoms with Gasteiger partial charge in [0.1, 0.15) is 11.1 Å². The van der Waals surface area contributed by atoms with Crippen molar-refractivity contribution in [3.63, 3.8) is 0 Å². The van der Waals surface area contributed by atoms with Gasteiger partial charge in [0.25, 0.3) is 0 Å². The molecule has 0 unspecified atom stereocenters. The molecule has 0 atom stereocenters. The molecule has 0 fully saturated rings. The lowest BCUT2D eigenvalue weighted by molar-refractivity contribution is 0.0529. The number of hydrogen-bond acceptors (Lipinski definition) is 5. The zero-order valence-electron chi connectivity index (χ0n) is 10.3. The van der Waals surface area contributed by atoms with E-state index in [-0.39, 0.29) is 18.1 Å². The molecule has 5 nitrogen and oxygen atoms in total. The van der Waals surface area contributed by atoms with Gasteiger partial charge in [-0.3, -0.25) is 4.98 Å². The van der Waals surface area contributed by atoms with Crippen molar-refractivity contribution in [1.29, 1.82) is 0 Å². The Bertz CT molecular complexity index is 614. The summed E-state index contributed by atoms with van der Waals surface area (Å²) >= 11 is 0. The van der Waals surface area contributed by atoms with E-state index in [4.69, 9.17) is 14.9 Å². The van der Waals surface area contributed by atoms with Crippen molar-refractivity contribution in [3.05, 3.63) is 29.5 Å². The second-order valence-electron chi connectivity index (χ2n) is 3.68. The van der Waals surface area contributed by atoms with Gasteiger partial charge < -0.3 is 14.9 Å². The number of nitrogens with two attached hydrogens (primary N) is 1. The zero-order valence-corrected chi connectivity index (χ0v) is 10.3. The third-order valence-corrected chi connectivity index (χ3v) is 2.42. The minimum atomic E-state index is -0.514. The fourth-order valence-electron chi connectivity index (χ4n) is 1.70. The van der Waals surface area contributed by atoms with Crippen LogP contribution in [0.4, 0.5) is 5.88 Å². The summed E-state index contributed by atoms with van der Waals surface area (Å²) < 4.78 is 10.3. The maximum absolute atomic E-state index is 11.7. The van der Waals surface area contributed by atoms with Gasteiger partial charge in [-0.1, -0.05) is 12.2 Å². The van der Waals surface area contributed by atoms with Crippen LogP contribution in [0.3, 0.4) is 0 Å². The van der Waals surface area contributed by atoms with Gasteiger partial charge in [-0.05, 0) is 25.5 Å². The molecule has 0 aromatic carbocycles. The molecule has 0 spiro atoms. The van der Waals surface area contributed by atoms with Crippen molar-refractivity contribution in [3.8, 4) is 0 Å². The van der Waals surface area contributed by atoms with Gasteiger partial charge in [0, 0.05) is 6.20 Å². The number of anilines is 1. The van der Waals surface area contributed by atoms with Crippen LogP contribution in [-0.4, -0.2) is 17.6 Å². The van der Waals surface area contributed by atoms with Crippen molar-refractivity contribution in [2.75, 3.05) is 12.3 Å². The number of pyridine rings is 1. The summed E-state index contributed by atoms with van der Waals surface area (Å²) in [5, 5.41) is 0. The first-order valence-corrected chi connectivity index (χ1v) is 5.65. The predicted octanol–water partition coefficient (Wildman–Crippen LogP) is 2.62. The molecule has 0 radical (unpaired) electrons. The minimum absolute atomic E-state index is 0.0357. The number of carbonyl (C=O) groups excluding carboxylic acids is 1. The van der Waals surface area contributed by atoms with E-state index >= 15 is 0 Å². The summed E-state index contributed by atoms with van der Waals surface area (Å²) in [6, 6.07) is 1.78. The van der Waals surface area contributed by atoms with Crippen LogP contribution in [-0.2, 0) is 4.74 Å².